The third-order valence-electron chi connectivity index (χ3n) is 4.96. The van der Waals surface area contributed by atoms with Crippen LogP contribution in [0.5, 0.6) is 0 Å². The summed E-state index contributed by atoms with van der Waals surface area (Å²) >= 11 is 0. The zero-order valence-corrected chi connectivity index (χ0v) is 17.7. The van der Waals surface area contributed by atoms with Crippen LogP contribution in [0.15, 0.2) is 41.5 Å². The minimum atomic E-state index is -4.41. The third kappa shape index (κ3) is 4.75. The van der Waals surface area contributed by atoms with Gasteiger partial charge in [0.2, 0.25) is 5.95 Å². The second-order valence-corrected chi connectivity index (χ2v) is 7.45. The Balaban J connectivity index is 1.64. The Morgan fingerprint density at radius 1 is 1.24 bits per heavy atom. The van der Waals surface area contributed by atoms with E-state index in [9.17, 15) is 18.0 Å². The molecule has 0 unspecified atom stereocenters. The second-order valence-electron chi connectivity index (χ2n) is 7.45. The first-order chi connectivity index (χ1) is 15.8. The summed E-state index contributed by atoms with van der Waals surface area (Å²) in [6.07, 6.45) is -0.555. The number of hydrogen-bond donors (Lipinski definition) is 3. The van der Waals surface area contributed by atoms with Gasteiger partial charge < -0.3 is 15.4 Å². The first-order valence-electron chi connectivity index (χ1n) is 10.3. The number of nitrogens with zero attached hydrogens (tertiary/aromatic N) is 5. The zero-order chi connectivity index (χ0) is 23.6. The number of benzene rings is 1. The van der Waals surface area contributed by atoms with Crippen molar-refractivity contribution in [2.45, 2.75) is 32.6 Å². The average Bonchev–Trinajstić information content (AvgIpc) is 3.41. The standard InChI is InChI=1S/C21H22F3N7O2/c1-2-7-31-19(33)16-18(29-20(31)25-6-8-32)28-17(27-16)14-10-26-30(12-14)11-13-4-3-5-15(9-13)21(22,23)24/h3-5,9-10,12,32H,2,6-8,11H2,1H3,(H,25,29)(H,27,28). The number of aromatic nitrogens is 6. The van der Waals surface area contributed by atoms with E-state index < -0.39 is 11.7 Å². The first kappa shape index (κ1) is 22.5. The molecule has 1 aromatic carbocycles. The third-order valence-corrected chi connectivity index (χ3v) is 4.96. The molecule has 0 aliphatic carbocycles. The van der Waals surface area contributed by atoms with E-state index >= 15 is 0 Å². The lowest BCUT2D eigenvalue weighted by Gasteiger charge is -2.11. The summed E-state index contributed by atoms with van der Waals surface area (Å²) in [5, 5.41) is 16.2. The van der Waals surface area contributed by atoms with Crippen LogP contribution in [0.4, 0.5) is 19.1 Å². The molecule has 33 heavy (non-hydrogen) atoms. The first-order valence-corrected chi connectivity index (χ1v) is 10.3. The van der Waals surface area contributed by atoms with Gasteiger partial charge in [-0.1, -0.05) is 19.1 Å². The number of aromatic amines is 1. The number of imidazole rings is 1. The molecule has 0 radical (unpaired) electrons. The summed E-state index contributed by atoms with van der Waals surface area (Å²) in [6.45, 7) is 2.64. The number of alkyl halides is 3. The minimum absolute atomic E-state index is 0.114. The molecule has 0 aliphatic rings. The van der Waals surface area contributed by atoms with E-state index in [1.807, 2.05) is 6.92 Å². The topological polar surface area (TPSA) is 114 Å². The number of rotatable bonds is 8. The van der Waals surface area contributed by atoms with Crippen LogP contribution in [0.3, 0.4) is 0 Å². The number of halogens is 3. The van der Waals surface area contributed by atoms with Crippen molar-refractivity contribution >= 4 is 17.1 Å². The van der Waals surface area contributed by atoms with Gasteiger partial charge in [0.05, 0.1) is 30.5 Å². The Morgan fingerprint density at radius 3 is 2.79 bits per heavy atom. The van der Waals surface area contributed by atoms with Crippen LogP contribution in [-0.4, -0.2) is 47.6 Å². The Labute approximate surface area is 185 Å². The van der Waals surface area contributed by atoms with Crippen LogP contribution >= 0.6 is 0 Å². The van der Waals surface area contributed by atoms with Crippen molar-refractivity contribution in [3.8, 4) is 11.4 Å². The number of aliphatic hydroxyl groups is 1. The van der Waals surface area contributed by atoms with Crippen LogP contribution < -0.4 is 10.9 Å². The molecule has 3 aromatic heterocycles. The highest BCUT2D eigenvalue weighted by molar-refractivity contribution is 5.75. The van der Waals surface area contributed by atoms with E-state index in [1.165, 1.54) is 21.5 Å². The number of fused-ring (bicyclic) bond motifs is 1. The molecule has 9 nitrogen and oxygen atoms in total. The zero-order valence-electron chi connectivity index (χ0n) is 17.7. The Bertz CT molecular complexity index is 1320. The molecule has 0 fully saturated rings. The van der Waals surface area contributed by atoms with Crippen molar-refractivity contribution in [3.05, 3.63) is 58.1 Å². The van der Waals surface area contributed by atoms with Crippen molar-refractivity contribution < 1.29 is 18.3 Å². The molecule has 3 N–H and O–H groups in total. The molecule has 4 aromatic rings. The van der Waals surface area contributed by atoms with Crippen LogP contribution in [0.25, 0.3) is 22.6 Å². The summed E-state index contributed by atoms with van der Waals surface area (Å²) in [5.41, 5.74) is 0.452. The van der Waals surface area contributed by atoms with Gasteiger partial charge in [-0.25, -0.2) is 4.98 Å². The van der Waals surface area contributed by atoms with E-state index in [-0.39, 0.29) is 36.4 Å². The molecule has 0 amide bonds. The molecule has 174 valence electrons. The number of nitrogens with one attached hydrogen (secondary N) is 2. The highest BCUT2D eigenvalue weighted by Crippen LogP contribution is 2.29. The monoisotopic (exact) mass is 461 g/mol. The second kappa shape index (κ2) is 9.06. The summed E-state index contributed by atoms with van der Waals surface area (Å²) in [6, 6.07) is 5.06. The Kier molecular flexibility index (Phi) is 6.18. The number of H-pyrrole nitrogens is 1. The molecule has 0 spiro atoms. The minimum Gasteiger partial charge on any atom is -0.395 e. The van der Waals surface area contributed by atoms with E-state index in [2.05, 4.69) is 25.4 Å². The van der Waals surface area contributed by atoms with Gasteiger partial charge in [0.25, 0.3) is 5.56 Å². The number of anilines is 1. The van der Waals surface area contributed by atoms with Crippen LogP contribution in [0, 0.1) is 0 Å². The van der Waals surface area contributed by atoms with Crippen LogP contribution in [0.2, 0.25) is 0 Å². The smallest absolute Gasteiger partial charge is 0.395 e. The largest absolute Gasteiger partial charge is 0.416 e. The predicted molar refractivity (Wildman–Crippen MR) is 116 cm³/mol. The van der Waals surface area contributed by atoms with Gasteiger partial charge in [-0.15, -0.1) is 0 Å². The molecule has 0 bridgehead atoms. The van der Waals surface area contributed by atoms with E-state index in [0.717, 1.165) is 12.1 Å². The number of aliphatic hydroxyl groups excluding tert-OH is 1. The molecule has 0 saturated carbocycles. The van der Waals surface area contributed by atoms with Crippen molar-refractivity contribution in [1.29, 1.82) is 0 Å². The maximum Gasteiger partial charge on any atom is 0.416 e. The van der Waals surface area contributed by atoms with Gasteiger partial charge in [-0.2, -0.15) is 23.3 Å². The number of hydrogen-bond acceptors (Lipinski definition) is 6. The molecule has 0 atom stereocenters. The fraction of sp³-hybridized carbons (Fsp3) is 0.333. The van der Waals surface area contributed by atoms with Gasteiger partial charge >= 0.3 is 6.18 Å². The van der Waals surface area contributed by atoms with E-state index in [1.54, 1.807) is 12.3 Å². The molecule has 12 heteroatoms. The Morgan fingerprint density at radius 2 is 2.06 bits per heavy atom. The molecule has 4 rings (SSSR count). The van der Waals surface area contributed by atoms with E-state index in [0.29, 0.717) is 35.9 Å². The molecule has 3 heterocycles. The molecule has 0 aliphatic heterocycles. The van der Waals surface area contributed by atoms with Gasteiger partial charge in [-0.05, 0) is 24.1 Å². The summed E-state index contributed by atoms with van der Waals surface area (Å²) < 4.78 is 41.8. The van der Waals surface area contributed by atoms with Crippen LogP contribution in [0.1, 0.15) is 24.5 Å². The molecule has 0 saturated heterocycles. The van der Waals surface area contributed by atoms with Gasteiger partial charge in [0.15, 0.2) is 11.2 Å². The fourth-order valence-electron chi connectivity index (χ4n) is 3.46. The Hall–Kier alpha value is -3.67. The fourth-order valence-corrected chi connectivity index (χ4v) is 3.46. The van der Waals surface area contributed by atoms with Gasteiger partial charge in [0, 0.05) is 19.3 Å². The SMILES string of the molecule is CCCn1c(NCCO)nc2nc(-c3cnn(Cc4cccc(C(F)(F)F)c4)c3)[nH]c2c1=O. The van der Waals surface area contributed by atoms with E-state index in [4.69, 9.17) is 5.11 Å². The molecular weight excluding hydrogens is 439 g/mol. The van der Waals surface area contributed by atoms with Gasteiger partial charge in [-0.3, -0.25) is 14.0 Å². The summed E-state index contributed by atoms with van der Waals surface area (Å²) in [7, 11) is 0. The van der Waals surface area contributed by atoms with Crippen molar-refractivity contribution in [2.75, 3.05) is 18.5 Å². The maximum atomic E-state index is 13.0. The quantitative estimate of drug-likeness (QED) is 0.372. The summed E-state index contributed by atoms with van der Waals surface area (Å²) in [4.78, 5) is 24.7. The van der Waals surface area contributed by atoms with Crippen molar-refractivity contribution in [3.63, 3.8) is 0 Å². The normalized spacial score (nSPS) is 11.9. The lowest BCUT2D eigenvalue weighted by molar-refractivity contribution is -0.137. The van der Waals surface area contributed by atoms with Crippen LogP contribution in [-0.2, 0) is 19.3 Å². The van der Waals surface area contributed by atoms with Gasteiger partial charge in [0.1, 0.15) is 5.82 Å². The predicted octanol–water partition coefficient (Wildman–Crippen LogP) is 2.86. The highest BCUT2D eigenvalue weighted by Gasteiger charge is 2.30. The van der Waals surface area contributed by atoms with Crippen molar-refractivity contribution in [2.24, 2.45) is 0 Å². The molecular formula is C21H22F3N7O2. The van der Waals surface area contributed by atoms with Crippen molar-refractivity contribution in [1.82, 2.24) is 29.3 Å². The summed E-state index contributed by atoms with van der Waals surface area (Å²) in [5.74, 6) is 0.689. The lowest BCUT2D eigenvalue weighted by Crippen LogP contribution is -2.26. The highest BCUT2D eigenvalue weighted by atomic mass is 19.4. The maximum absolute atomic E-state index is 13.0. The average molecular weight is 461 g/mol. The lowest BCUT2D eigenvalue weighted by atomic mass is 10.1.